The molecule has 0 aromatic heterocycles. The fraction of sp³-hybridized carbons (Fsp3) is 0.429. The van der Waals surface area contributed by atoms with Crippen LogP contribution in [0, 0.1) is 17.7 Å². The summed E-state index contributed by atoms with van der Waals surface area (Å²) in [6.45, 7) is 7.54. The first kappa shape index (κ1) is 27.3. The molecule has 37 heavy (non-hydrogen) atoms. The number of halogens is 1. The lowest BCUT2D eigenvalue weighted by Gasteiger charge is -2.26. The van der Waals surface area contributed by atoms with Crippen molar-refractivity contribution in [3.05, 3.63) is 96.3 Å². The van der Waals surface area contributed by atoms with E-state index in [-0.39, 0.29) is 5.82 Å². The number of hydrogen-bond acceptors (Lipinski definition) is 1. The molecule has 196 valence electrons. The second kappa shape index (κ2) is 14.3. The average Bonchev–Trinajstić information content (AvgIpc) is 2.94. The van der Waals surface area contributed by atoms with Crippen molar-refractivity contribution in [2.45, 2.75) is 77.7 Å². The van der Waals surface area contributed by atoms with Gasteiger partial charge in [0.25, 0.3) is 0 Å². The van der Waals surface area contributed by atoms with Crippen LogP contribution in [-0.4, -0.2) is 6.61 Å². The van der Waals surface area contributed by atoms with Crippen LogP contribution in [0.1, 0.15) is 75.8 Å². The number of rotatable bonds is 13. The highest BCUT2D eigenvalue weighted by atomic mass is 19.1. The first-order valence-corrected chi connectivity index (χ1v) is 14.3. The minimum atomic E-state index is -0.177. The van der Waals surface area contributed by atoms with Crippen molar-refractivity contribution >= 4 is 0 Å². The summed E-state index contributed by atoms with van der Waals surface area (Å²) < 4.78 is 20.8. The van der Waals surface area contributed by atoms with Crippen LogP contribution in [0.25, 0.3) is 22.3 Å². The van der Waals surface area contributed by atoms with Crippen molar-refractivity contribution in [3.63, 3.8) is 0 Å². The summed E-state index contributed by atoms with van der Waals surface area (Å²) in [5.74, 6) is 1.48. The maximum atomic E-state index is 15.1. The van der Waals surface area contributed by atoms with E-state index in [0.29, 0.717) is 12.2 Å². The van der Waals surface area contributed by atoms with E-state index in [2.05, 4.69) is 56.0 Å². The molecule has 1 nitrogen and oxygen atoms in total. The SMILES string of the molecule is C=CC1CCC(CCCCc2ccc(-c3ccc(-c4ccc(COCCCC)cc4)cc3F)cc2)CC1. The topological polar surface area (TPSA) is 9.23 Å². The first-order valence-electron chi connectivity index (χ1n) is 14.3. The van der Waals surface area contributed by atoms with Crippen molar-refractivity contribution in [2.24, 2.45) is 11.8 Å². The molecule has 1 saturated carbocycles. The lowest BCUT2D eigenvalue weighted by molar-refractivity contribution is 0.118. The molecule has 4 rings (SSSR count). The lowest BCUT2D eigenvalue weighted by atomic mass is 9.80. The zero-order chi connectivity index (χ0) is 25.9. The van der Waals surface area contributed by atoms with Gasteiger partial charge in [-0.05, 0) is 90.7 Å². The molecule has 0 atom stereocenters. The lowest BCUT2D eigenvalue weighted by Crippen LogP contribution is -2.12. The van der Waals surface area contributed by atoms with Crippen LogP contribution >= 0.6 is 0 Å². The molecule has 0 unspecified atom stereocenters. The maximum absolute atomic E-state index is 15.1. The molecule has 3 aromatic carbocycles. The summed E-state index contributed by atoms with van der Waals surface area (Å²) in [5.41, 5.74) is 6.00. The summed E-state index contributed by atoms with van der Waals surface area (Å²) in [6, 6.07) is 22.3. The highest BCUT2D eigenvalue weighted by molar-refractivity contribution is 5.71. The Morgan fingerprint density at radius 2 is 1.49 bits per heavy atom. The van der Waals surface area contributed by atoms with Gasteiger partial charge in [-0.3, -0.25) is 0 Å². The van der Waals surface area contributed by atoms with Crippen LogP contribution in [0.15, 0.2) is 79.4 Å². The first-order chi connectivity index (χ1) is 18.2. The van der Waals surface area contributed by atoms with Crippen LogP contribution in [-0.2, 0) is 17.8 Å². The Morgan fingerprint density at radius 3 is 2.16 bits per heavy atom. The molecule has 0 N–H and O–H groups in total. The van der Waals surface area contributed by atoms with Gasteiger partial charge in [0, 0.05) is 12.2 Å². The molecule has 2 heteroatoms. The molecule has 1 aliphatic rings. The van der Waals surface area contributed by atoms with E-state index in [4.69, 9.17) is 4.74 Å². The Hall–Kier alpha value is -2.71. The minimum Gasteiger partial charge on any atom is -0.377 e. The van der Waals surface area contributed by atoms with Gasteiger partial charge in [-0.1, -0.05) is 92.9 Å². The van der Waals surface area contributed by atoms with E-state index in [1.165, 1.54) is 50.5 Å². The van der Waals surface area contributed by atoms with E-state index in [1.807, 2.05) is 24.3 Å². The minimum absolute atomic E-state index is 0.177. The van der Waals surface area contributed by atoms with Gasteiger partial charge in [-0.15, -0.1) is 6.58 Å². The van der Waals surface area contributed by atoms with E-state index in [9.17, 15) is 0 Å². The molecule has 0 heterocycles. The van der Waals surface area contributed by atoms with Crippen LogP contribution in [0.2, 0.25) is 0 Å². The average molecular weight is 499 g/mol. The number of unbranched alkanes of at least 4 members (excludes halogenated alkanes) is 2. The van der Waals surface area contributed by atoms with E-state index >= 15 is 4.39 Å². The quantitative estimate of drug-likeness (QED) is 0.168. The fourth-order valence-corrected chi connectivity index (χ4v) is 5.48. The summed E-state index contributed by atoms with van der Waals surface area (Å²) in [6.07, 6.45) is 14.8. The Morgan fingerprint density at radius 1 is 0.811 bits per heavy atom. The molecule has 1 fully saturated rings. The van der Waals surface area contributed by atoms with Gasteiger partial charge in [-0.2, -0.15) is 0 Å². The van der Waals surface area contributed by atoms with Crippen LogP contribution in [0.3, 0.4) is 0 Å². The third-order valence-corrected chi connectivity index (χ3v) is 7.98. The van der Waals surface area contributed by atoms with Crippen LogP contribution in [0.5, 0.6) is 0 Å². The van der Waals surface area contributed by atoms with Crippen molar-refractivity contribution in [1.82, 2.24) is 0 Å². The van der Waals surface area contributed by atoms with Gasteiger partial charge in [0.1, 0.15) is 5.82 Å². The molecule has 0 aliphatic heterocycles. The summed E-state index contributed by atoms with van der Waals surface area (Å²) in [7, 11) is 0. The van der Waals surface area contributed by atoms with Gasteiger partial charge in [0.2, 0.25) is 0 Å². The standard InChI is InChI=1S/C35H43FO/c1-3-5-24-37-26-30-16-18-31(19-17-30)33-22-23-34(35(36)25-33)32-20-14-29(15-21-32)9-7-6-8-28-12-10-27(4-2)11-13-28/h4,14-23,25,27-28H,2-3,5-13,24,26H2,1H3. The third-order valence-electron chi connectivity index (χ3n) is 7.98. The number of allylic oxidation sites excluding steroid dienone is 1. The van der Waals surface area contributed by atoms with E-state index in [1.54, 1.807) is 6.07 Å². The number of ether oxygens (including phenoxy) is 1. The highest BCUT2D eigenvalue weighted by Crippen LogP contribution is 2.33. The molecular weight excluding hydrogens is 455 g/mol. The molecular formula is C35H43FO. The molecule has 0 amide bonds. The van der Waals surface area contributed by atoms with E-state index in [0.717, 1.165) is 60.0 Å². The van der Waals surface area contributed by atoms with Crippen LogP contribution < -0.4 is 0 Å². The van der Waals surface area contributed by atoms with Gasteiger partial charge in [0.15, 0.2) is 0 Å². The zero-order valence-electron chi connectivity index (χ0n) is 22.6. The van der Waals surface area contributed by atoms with Crippen molar-refractivity contribution in [1.29, 1.82) is 0 Å². The Labute approximate surface area is 223 Å². The molecule has 0 bridgehead atoms. The highest BCUT2D eigenvalue weighted by Gasteiger charge is 2.18. The Balaban J connectivity index is 1.26. The Kier molecular flexibility index (Phi) is 10.6. The molecule has 3 aromatic rings. The summed E-state index contributed by atoms with van der Waals surface area (Å²) >= 11 is 0. The maximum Gasteiger partial charge on any atom is 0.131 e. The van der Waals surface area contributed by atoms with Gasteiger partial charge >= 0.3 is 0 Å². The number of hydrogen-bond donors (Lipinski definition) is 0. The smallest absolute Gasteiger partial charge is 0.131 e. The van der Waals surface area contributed by atoms with Crippen molar-refractivity contribution < 1.29 is 9.13 Å². The Bertz CT molecular complexity index is 1090. The molecule has 0 spiro atoms. The number of aryl methyl sites for hydroxylation is 1. The second-order valence-electron chi connectivity index (χ2n) is 10.8. The predicted molar refractivity (Wildman–Crippen MR) is 155 cm³/mol. The summed E-state index contributed by atoms with van der Waals surface area (Å²) in [4.78, 5) is 0. The monoisotopic (exact) mass is 498 g/mol. The number of benzene rings is 3. The van der Waals surface area contributed by atoms with Crippen LogP contribution in [0.4, 0.5) is 4.39 Å². The summed E-state index contributed by atoms with van der Waals surface area (Å²) in [5, 5.41) is 0. The van der Waals surface area contributed by atoms with Gasteiger partial charge < -0.3 is 4.74 Å². The normalized spacial score (nSPS) is 17.6. The third kappa shape index (κ3) is 8.14. The fourth-order valence-electron chi connectivity index (χ4n) is 5.48. The van der Waals surface area contributed by atoms with Crippen molar-refractivity contribution in [3.8, 4) is 22.3 Å². The van der Waals surface area contributed by atoms with Gasteiger partial charge in [0.05, 0.1) is 6.61 Å². The molecule has 1 aliphatic carbocycles. The van der Waals surface area contributed by atoms with Gasteiger partial charge in [-0.25, -0.2) is 4.39 Å². The zero-order valence-corrected chi connectivity index (χ0v) is 22.6. The van der Waals surface area contributed by atoms with E-state index < -0.39 is 0 Å². The largest absolute Gasteiger partial charge is 0.377 e. The molecule has 0 radical (unpaired) electrons. The molecule has 0 saturated heterocycles. The second-order valence-corrected chi connectivity index (χ2v) is 10.8. The van der Waals surface area contributed by atoms with Crippen molar-refractivity contribution in [2.75, 3.05) is 6.61 Å². The predicted octanol–water partition coefficient (Wildman–Crippen LogP) is 10.2.